The van der Waals surface area contributed by atoms with Gasteiger partial charge in [-0.05, 0) is 33.3 Å². The molecular formula is C15H26N4O. The smallest absolute Gasteiger partial charge is 0.218 e. The molecule has 0 bridgehead atoms. The molecule has 1 aromatic rings. The Hall–Kier alpha value is -1.78. The molecule has 1 aromatic heterocycles. The van der Waals surface area contributed by atoms with Gasteiger partial charge in [-0.15, -0.1) is 0 Å². The SMILES string of the molecule is CCCOc1ncccc1CNC(=NC)NC(C)(C)C. The second-order valence-corrected chi connectivity index (χ2v) is 5.62. The first kappa shape index (κ1) is 16.3. The summed E-state index contributed by atoms with van der Waals surface area (Å²) in [4.78, 5) is 8.49. The number of guanidine groups is 1. The lowest BCUT2D eigenvalue weighted by molar-refractivity contribution is 0.301. The van der Waals surface area contributed by atoms with Crippen LogP contribution in [0.1, 0.15) is 39.7 Å². The van der Waals surface area contributed by atoms with Gasteiger partial charge in [-0.3, -0.25) is 4.99 Å². The molecule has 20 heavy (non-hydrogen) atoms. The third kappa shape index (κ3) is 5.91. The van der Waals surface area contributed by atoms with Crippen molar-refractivity contribution in [1.82, 2.24) is 15.6 Å². The van der Waals surface area contributed by atoms with Crippen LogP contribution < -0.4 is 15.4 Å². The highest BCUT2D eigenvalue weighted by Gasteiger charge is 2.12. The number of aliphatic imine (C=N–C) groups is 1. The van der Waals surface area contributed by atoms with E-state index in [1.165, 1.54) is 0 Å². The Morgan fingerprint density at radius 1 is 1.40 bits per heavy atom. The van der Waals surface area contributed by atoms with Gasteiger partial charge in [-0.2, -0.15) is 0 Å². The first-order valence-corrected chi connectivity index (χ1v) is 7.01. The van der Waals surface area contributed by atoms with Crippen molar-refractivity contribution in [2.45, 2.75) is 46.2 Å². The molecule has 1 rings (SSSR count). The van der Waals surface area contributed by atoms with E-state index in [1.807, 2.05) is 12.1 Å². The maximum atomic E-state index is 5.64. The zero-order chi connectivity index (χ0) is 15.0. The molecule has 5 heteroatoms. The molecule has 0 spiro atoms. The zero-order valence-electron chi connectivity index (χ0n) is 13.2. The topological polar surface area (TPSA) is 58.5 Å². The van der Waals surface area contributed by atoms with Gasteiger partial charge in [0.05, 0.1) is 6.61 Å². The van der Waals surface area contributed by atoms with E-state index in [0.29, 0.717) is 19.0 Å². The standard InChI is InChI=1S/C15H26N4O/c1-6-10-20-13-12(8-7-9-17-13)11-18-14(16-5)19-15(2,3)4/h7-9H,6,10-11H2,1-5H3,(H2,16,18,19). The molecule has 0 atom stereocenters. The minimum Gasteiger partial charge on any atom is -0.477 e. The number of nitrogens with zero attached hydrogens (tertiary/aromatic N) is 2. The average molecular weight is 278 g/mol. The summed E-state index contributed by atoms with van der Waals surface area (Å²) in [6, 6.07) is 3.92. The summed E-state index contributed by atoms with van der Waals surface area (Å²) >= 11 is 0. The number of hydrogen-bond donors (Lipinski definition) is 2. The lowest BCUT2D eigenvalue weighted by atomic mass is 10.1. The third-order valence-electron chi connectivity index (χ3n) is 2.46. The molecule has 0 fully saturated rings. The molecular weight excluding hydrogens is 252 g/mol. The molecule has 0 aliphatic carbocycles. The van der Waals surface area contributed by atoms with Crippen LogP contribution in [0.15, 0.2) is 23.3 Å². The van der Waals surface area contributed by atoms with Crippen molar-refractivity contribution < 1.29 is 4.74 Å². The molecule has 0 aromatic carbocycles. The van der Waals surface area contributed by atoms with Crippen molar-refractivity contribution in [3.05, 3.63) is 23.9 Å². The predicted molar refractivity (Wildman–Crippen MR) is 83.1 cm³/mol. The number of aromatic nitrogens is 1. The summed E-state index contributed by atoms with van der Waals surface area (Å²) in [7, 11) is 1.76. The molecule has 1 heterocycles. The lowest BCUT2D eigenvalue weighted by Crippen LogP contribution is -2.47. The van der Waals surface area contributed by atoms with Crippen LogP contribution in [0.4, 0.5) is 0 Å². The molecule has 0 aliphatic rings. The Labute approximate surface area is 121 Å². The van der Waals surface area contributed by atoms with Crippen molar-refractivity contribution >= 4 is 5.96 Å². The molecule has 0 saturated carbocycles. The lowest BCUT2D eigenvalue weighted by Gasteiger charge is -2.24. The first-order chi connectivity index (χ1) is 9.46. The monoisotopic (exact) mass is 278 g/mol. The predicted octanol–water partition coefficient (Wildman–Crippen LogP) is 2.33. The Kier molecular flexibility index (Phi) is 6.28. The van der Waals surface area contributed by atoms with Gasteiger partial charge in [0, 0.05) is 30.9 Å². The van der Waals surface area contributed by atoms with Crippen LogP contribution in [-0.2, 0) is 6.54 Å². The highest BCUT2D eigenvalue weighted by molar-refractivity contribution is 5.80. The summed E-state index contributed by atoms with van der Waals surface area (Å²) in [6.07, 6.45) is 2.72. The van der Waals surface area contributed by atoms with E-state index in [2.05, 4.69) is 48.3 Å². The van der Waals surface area contributed by atoms with E-state index in [1.54, 1.807) is 13.2 Å². The van der Waals surface area contributed by atoms with Crippen LogP contribution >= 0.6 is 0 Å². The normalized spacial score (nSPS) is 12.2. The molecule has 112 valence electrons. The van der Waals surface area contributed by atoms with E-state index in [-0.39, 0.29) is 5.54 Å². The summed E-state index contributed by atoms with van der Waals surface area (Å²) in [5, 5.41) is 6.59. The number of hydrogen-bond acceptors (Lipinski definition) is 3. The number of ether oxygens (including phenoxy) is 1. The van der Waals surface area contributed by atoms with Crippen LogP contribution in [0, 0.1) is 0 Å². The largest absolute Gasteiger partial charge is 0.477 e. The second kappa shape index (κ2) is 7.72. The van der Waals surface area contributed by atoms with E-state index < -0.39 is 0 Å². The molecule has 5 nitrogen and oxygen atoms in total. The van der Waals surface area contributed by atoms with Crippen molar-refractivity contribution in [1.29, 1.82) is 0 Å². The first-order valence-electron chi connectivity index (χ1n) is 7.01. The van der Waals surface area contributed by atoms with E-state index in [9.17, 15) is 0 Å². The quantitative estimate of drug-likeness (QED) is 0.641. The highest BCUT2D eigenvalue weighted by Crippen LogP contribution is 2.14. The van der Waals surface area contributed by atoms with Gasteiger partial charge in [0.2, 0.25) is 5.88 Å². The molecule has 0 aliphatic heterocycles. The number of rotatable bonds is 5. The van der Waals surface area contributed by atoms with Gasteiger partial charge in [0.1, 0.15) is 0 Å². The van der Waals surface area contributed by atoms with Gasteiger partial charge in [0.15, 0.2) is 5.96 Å². The van der Waals surface area contributed by atoms with E-state index in [0.717, 1.165) is 17.9 Å². The summed E-state index contributed by atoms with van der Waals surface area (Å²) in [5.74, 6) is 1.45. The minimum absolute atomic E-state index is 0.0294. The molecule has 0 radical (unpaired) electrons. The zero-order valence-corrected chi connectivity index (χ0v) is 13.2. The summed E-state index contributed by atoms with van der Waals surface area (Å²) < 4.78 is 5.64. The Balaban J connectivity index is 2.64. The van der Waals surface area contributed by atoms with Crippen molar-refractivity contribution in [2.75, 3.05) is 13.7 Å². The maximum absolute atomic E-state index is 5.64. The highest BCUT2D eigenvalue weighted by atomic mass is 16.5. The fraction of sp³-hybridized carbons (Fsp3) is 0.600. The van der Waals surface area contributed by atoms with E-state index >= 15 is 0 Å². The molecule has 2 N–H and O–H groups in total. The molecule has 0 saturated heterocycles. The fourth-order valence-electron chi connectivity index (χ4n) is 1.60. The average Bonchev–Trinajstić information content (AvgIpc) is 2.40. The van der Waals surface area contributed by atoms with E-state index in [4.69, 9.17) is 4.74 Å². The van der Waals surface area contributed by atoms with Crippen molar-refractivity contribution in [3.63, 3.8) is 0 Å². The Bertz CT molecular complexity index is 438. The van der Waals surface area contributed by atoms with Gasteiger partial charge in [0.25, 0.3) is 0 Å². The number of pyridine rings is 1. The molecule has 0 unspecified atom stereocenters. The van der Waals surface area contributed by atoms with Gasteiger partial charge in [-0.1, -0.05) is 13.0 Å². The van der Waals surface area contributed by atoms with Gasteiger partial charge in [-0.25, -0.2) is 4.98 Å². The second-order valence-electron chi connectivity index (χ2n) is 5.62. The Morgan fingerprint density at radius 3 is 2.75 bits per heavy atom. The fourth-order valence-corrected chi connectivity index (χ4v) is 1.60. The maximum Gasteiger partial charge on any atom is 0.218 e. The van der Waals surface area contributed by atoms with Crippen LogP contribution in [0.2, 0.25) is 0 Å². The summed E-state index contributed by atoms with van der Waals surface area (Å²) in [6.45, 7) is 9.68. The van der Waals surface area contributed by atoms with Crippen LogP contribution in [0.25, 0.3) is 0 Å². The third-order valence-corrected chi connectivity index (χ3v) is 2.46. The van der Waals surface area contributed by atoms with Crippen LogP contribution in [0.5, 0.6) is 5.88 Å². The van der Waals surface area contributed by atoms with Crippen LogP contribution in [0.3, 0.4) is 0 Å². The summed E-state index contributed by atoms with van der Waals surface area (Å²) in [5.41, 5.74) is 0.996. The minimum atomic E-state index is -0.0294. The number of nitrogens with one attached hydrogen (secondary N) is 2. The van der Waals surface area contributed by atoms with Crippen LogP contribution in [-0.4, -0.2) is 30.1 Å². The Morgan fingerprint density at radius 2 is 2.15 bits per heavy atom. The van der Waals surface area contributed by atoms with Crippen molar-refractivity contribution in [2.24, 2.45) is 4.99 Å². The molecule has 0 amide bonds. The van der Waals surface area contributed by atoms with Gasteiger partial charge < -0.3 is 15.4 Å². The van der Waals surface area contributed by atoms with Gasteiger partial charge >= 0.3 is 0 Å². The van der Waals surface area contributed by atoms with Crippen molar-refractivity contribution in [3.8, 4) is 5.88 Å².